The van der Waals surface area contributed by atoms with E-state index in [0.29, 0.717) is 30.9 Å². The van der Waals surface area contributed by atoms with Crippen LogP contribution in [0.25, 0.3) is 0 Å². The minimum Gasteiger partial charge on any atom is -0.443 e. The maximum Gasteiger partial charge on any atom is 0.415 e. The second-order valence-corrected chi connectivity index (χ2v) is 8.19. The Kier molecular flexibility index (Phi) is 4.97. The fourth-order valence-electron chi connectivity index (χ4n) is 3.65. The molecule has 1 fully saturated rings. The Bertz CT molecular complexity index is 784. The molecule has 0 spiro atoms. The number of ether oxygens (including phenoxy) is 1. The first-order valence-corrected chi connectivity index (χ1v) is 9.46. The third-order valence-corrected chi connectivity index (χ3v) is 5.09. The largest absolute Gasteiger partial charge is 0.443 e. The topological polar surface area (TPSA) is 79.8 Å². The number of likely N-dealkylation sites (tertiary alicyclic amines) is 1. The van der Waals surface area contributed by atoms with Gasteiger partial charge in [-0.2, -0.15) is 0 Å². The van der Waals surface area contributed by atoms with Crippen LogP contribution in [0.5, 0.6) is 0 Å². The number of hydrogen-bond acceptors (Lipinski definition) is 5. The van der Waals surface area contributed by atoms with E-state index in [0.717, 1.165) is 12.0 Å². The zero-order valence-electron chi connectivity index (χ0n) is 16.6. The Hall–Kier alpha value is -2.44. The quantitative estimate of drug-likeness (QED) is 0.796. The zero-order valence-corrected chi connectivity index (χ0v) is 16.6. The Morgan fingerprint density at radius 3 is 2.67 bits per heavy atom. The smallest absolute Gasteiger partial charge is 0.415 e. The van der Waals surface area contributed by atoms with E-state index in [-0.39, 0.29) is 17.6 Å². The van der Waals surface area contributed by atoms with E-state index in [1.807, 2.05) is 17.9 Å². The van der Waals surface area contributed by atoms with E-state index in [2.05, 4.69) is 4.98 Å². The van der Waals surface area contributed by atoms with Crippen LogP contribution in [0, 0.1) is 0 Å². The van der Waals surface area contributed by atoms with Gasteiger partial charge in [0.05, 0.1) is 5.69 Å². The van der Waals surface area contributed by atoms with Gasteiger partial charge in [-0.15, -0.1) is 0 Å². The summed E-state index contributed by atoms with van der Waals surface area (Å²) in [6.07, 6.45) is 2.40. The highest BCUT2D eigenvalue weighted by Crippen LogP contribution is 2.36. The van der Waals surface area contributed by atoms with E-state index in [1.54, 1.807) is 33.9 Å². The van der Waals surface area contributed by atoms with Crippen molar-refractivity contribution in [2.24, 2.45) is 0 Å². The standard InChI is InChI=1S/C20H27N3O4/c1-6-22-11-13(7-8-16(22)24)14-9-15-17(21-10-14)18(25)12(2)23(15)19(26)27-20(3,4)5/h9-10,12-13H,6-8,11H2,1-5H3. The van der Waals surface area contributed by atoms with Crippen molar-refractivity contribution in [1.29, 1.82) is 0 Å². The molecule has 1 saturated heterocycles. The summed E-state index contributed by atoms with van der Waals surface area (Å²) in [7, 11) is 0. The Morgan fingerprint density at radius 1 is 1.33 bits per heavy atom. The molecular formula is C20H27N3O4. The summed E-state index contributed by atoms with van der Waals surface area (Å²) in [6.45, 7) is 10.3. The molecule has 0 saturated carbocycles. The lowest BCUT2D eigenvalue weighted by molar-refractivity contribution is -0.133. The van der Waals surface area contributed by atoms with Gasteiger partial charge in [0.1, 0.15) is 17.3 Å². The number of nitrogens with zero attached hydrogens (tertiary/aromatic N) is 3. The minimum absolute atomic E-state index is 0.145. The molecule has 0 bridgehead atoms. The third kappa shape index (κ3) is 3.68. The lowest BCUT2D eigenvalue weighted by atomic mass is 9.91. The van der Waals surface area contributed by atoms with E-state index in [9.17, 15) is 14.4 Å². The molecule has 2 atom stereocenters. The summed E-state index contributed by atoms with van der Waals surface area (Å²) in [4.78, 5) is 44.8. The number of anilines is 1. The van der Waals surface area contributed by atoms with Gasteiger partial charge in [0.25, 0.3) is 0 Å². The first-order chi connectivity index (χ1) is 12.6. The lowest BCUT2D eigenvalue weighted by Gasteiger charge is -2.32. The molecule has 0 N–H and O–H groups in total. The lowest BCUT2D eigenvalue weighted by Crippen LogP contribution is -2.41. The van der Waals surface area contributed by atoms with Crippen LogP contribution in [0.15, 0.2) is 12.3 Å². The maximum atomic E-state index is 12.7. The van der Waals surface area contributed by atoms with Crippen molar-refractivity contribution in [2.45, 2.75) is 65.0 Å². The van der Waals surface area contributed by atoms with Crippen LogP contribution < -0.4 is 4.90 Å². The van der Waals surface area contributed by atoms with Crippen LogP contribution in [0.2, 0.25) is 0 Å². The van der Waals surface area contributed by atoms with Crippen molar-refractivity contribution < 1.29 is 19.1 Å². The van der Waals surface area contributed by atoms with E-state index < -0.39 is 17.7 Å². The molecule has 7 heteroatoms. The van der Waals surface area contributed by atoms with Crippen LogP contribution in [-0.2, 0) is 9.53 Å². The molecule has 2 amide bonds. The number of carbonyl (C=O) groups is 3. The fourth-order valence-corrected chi connectivity index (χ4v) is 3.65. The van der Waals surface area contributed by atoms with Crippen molar-refractivity contribution >= 4 is 23.5 Å². The first kappa shape index (κ1) is 19.3. The van der Waals surface area contributed by atoms with Crippen LogP contribution in [0.3, 0.4) is 0 Å². The number of aromatic nitrogens is 1. The molecule has 3 heterocycles. The van der Waals surface area contributed by atoms with Gasteiger partial charge in [-0.3, -0.25) is 19.5 Å². The summed E-state index contributed by atoms with van der Waals surface area (Å²) in [5, 5.41) is 0. The van der Waals surface area contributed by atoms with Crippen molar-refractivity contribution in [3.63, 3.8) is 0 Å². The van der Waals surface area contributed by atoms with Gasteiger partial charge < -0.3 is 9.64 Å². The highest BCUT2D eigenvalue weighted by atomic mass is 16.6. The number of ketones is 1. The number of rotatable bonds is 2. The maximum absolute atomic E-state index is 12.7. The highest BCUT2D eigenvalue weighted by Gasteiger charge is 2.41. The molecule has 146 valence electrons. The predicted octanol–water partition coefficient (Wildman–Crippen LogP) is 3.13. The van der Waals surface area contributed by atoms with E-state index >= 15 is 0 Å². The number of hydrogen-bond donors (Lipinski definition) is 0. The molecule has 3 rings (SSSR count). The molecule has 2 aliphatic rings. The number of fused-ring (bicyclic) bond motifs is 1. The highest BCUT2D eigenvalue weighted by molar-refractivity contribution is 6.15. The van der Waals surface area contributed by atoms with Gasteiger partial charge in [0.15, 0.2) is 0 Å². The molecule has 7 nitrogen and oxygen atoms in total. The summed E-state index contributed by atoms with van der Waals surface area (Å²) in [6, 6.07) is 1.22. The normalized spacial score (nSPS) is 22.9. The molecular weight excluding hydrogens is 346 g/mol. The molecule has 1 aromatic heterocycles. The number of piperidine rings is 1. The summed E-state index contributed by atoms with van der Waals surface area (Å²) < 4.78 is 5.49. The molecule has 27 heavy (non-hydrogen) atoms. The van der Waals surface area contributed by atoms with Crippen LogP contribution in [0.4, 0.5) is 10.5 Å². The number of amides is 2. The molecule has 2 aliphatic heterocycles. The van der Waals surface area contributed by atoms with Gasteiger partial charge >= 0.3 is 6.09 Å². The molecule has 0 radical (unpaired) electrons. The van der Waals surface area contributed by atoms with E-state index in [1.165, 1.54) is 4.90 Å². The third-order valence-electron chi connectivity index (χ3n) is 5.09. The van der Waals surface area contributed by atoms with E-state index in [4.69, 9.17) is 4.74 Å². The predicted molar refractivity (Wildman–Crippen MR) is 101 cm³/mol. The zero-order chi connectivity index (χ0) is 19.9. The van der Waals surface area contributed by atoms with Gasteiger partial charge in [-0.05, 0) is 52.7 Å². The van der Waals surface area contributed by atoms with Crippen LogP contribution in [-0.4, -0.2) is 52.4 Å². The minimum atomic E-state index is -0.654. The van der Waals surface area contributed by atoms with Crippen molar-refractivity contribution in [1.82, 2.24) is 9.88 Å². The molecule has 0 aromatic carbocycles. The Labute approximate surface area is 159 Å². The average molecular weight is 373 g/mol. The van der Waals surface area contributed by atoms with Gasteiger partial charge in [-0.25, -0.2) is 4.79 Å². The second-order valence-electron chi connectivity index (χ2n) is 8.19. The van der Waals surface area contributed by atoms with Gasteiger partial charge in [-0.1, -0.05) is 0 Å². The van der Waals surface area contributed by atoms with Crippen molar-refractivity contribution in [3.8, 4) is 0 Å². The summed E-state index contributed by atoms with van der Waals surface area (Å²) in [5.74, 6) is 0.130. The number of pyridine rings is 1. The first-order valence-electron chi connectivity index (χ1n) is 9.46. The monoisotopic (exact) mass is 373 g/mol. The Balaban J connectivity index is 1.92. The molecule has 0 aliphatic carbocycles. The SMILES string of the molecule is CCN1CC(c2cnc3c(c2)N(C(=O)OC(C)(C)C)C(C)C3=O)CCC1=O. The Morgan fingerprint density at radius 2 is 2.04 bits per heavy atom. The average Bonchev–Trinajstić information content (AvgIpc) is 2.84. The summed E-state index contributed by atoms with van der Waals surface area (Å²) >= 11 is 0. The van der Waals surface area contributed by atoms with Crippen LogP contribution in [0.1, 0.15) is 69.4 Å². The van der Waals surface area contributed by atoms with Crippen molar-refractivity contribution in [3.05, 3.63) is 23.5 Å². The second kappa shape index (κ2) is 6.94. The fraction of sp³-hybridized carbons (Fsp3) is 0.600. The number of Topliss-reactive ketones (excluding diaryl/α,β-unsaturated/α-hetero) is 1. The molecule has 2 unspecified atom stereocenters. The van der Waals surface area contributed by atoms with Crippen molar-refractivity contribution in [2.75, 3.05) is 18.0 Å². The van der Waals surface area contributed by atoms with Gasteiger partial charge in [0, 0.05) is 31.6 Å². The number of carbonyl (C=O) groups excluding carboxylic acids is 3. The van der Waals surface area contributed by atoms with Crippen LogP contribution >= 0.6 is 0 Å². The molecule has 1 aromatic rings. The van der Waals surface area contributed by atoms with Gasteiger partial charge in [0.2, 0.25) is 11.7 Å². The number of likely N-dealkylation sites (N-methyl/N-ethyl adjacent to an activating group) is 1. The summed E-state index contributed by atoms with van der Waals surface area (Å²) in [5.41, 5.74) is 1.09.